The Bertz CT molecular complexity index is 1530. The molecule has 0 bridgehead atoms. The lowest BCUT2D eigenvalue weighted by atomic mass is 10.0. The summed E-state index contributed by atoms with van der Waals surface area (Å²) in [5, 5.41) is 3.59. The second-order valence-electron chi connectivity index (χ2n) is 10.5. The fourth-order valence-corrected chi connectivity index (χ4v) is 6.16. The van der Waals surface area contributed by atoms with E-state index in [-0.39, 0.29) is 43.0 Å². The van der Waals surface area contributed by atoms with Crippen molar-refractivity contribution in [3.8, 4) is 11.5 Å². The van der Waals surface area contributed by atoms with Gasteiger partial charge in [0.2, 0.25) is 28.6 Å². The third-order valence-corrected chi connectivity index (χ3v) is 9.42. The van der Waals surface area contributed by atoms with E-state index in [0.717, 1.165) is 9.87 Å². The van der Waals surface area contributed by atoms with Gasteiger partial charge in [-0.25, -0.2) is 8.42 Å². The second kappa shape index (κ2) is 14.3. The monoisotopic (exact) mass is 647 g/mol. The molecule has 1 aliphatic heterocycles. The number of hydrogen-bond donors (Lipinski definition) is 1. The number of carbonyl (C=O) groups is 2. The summed E-state index contributed by atoms with van der Waals surface area (Å²) in [6, 6.07) is 18.0. The standard InChI is InChI=1S/C31H35Cl2N3O6S/c1-4-43(39,40)36(23-13-14-28-29(16-23)42-20-41-28)19-30(37)35(18-24-25(32)11-8-12-26(24)33)27(31(38)34-17-21(2)3)15-22-9-6-5-7-10-22/h5-14,16,21,27H,4,15,17-20H2,1-3H3,(H,34,38)/t27-/m0/s1. The first kappa shape index (κ1) is 32.4. The predicted octanol–water partition coefficient (Wildman–Crippen LogP) is 5.29. The zero-order valence-corrected chi connectivity index (χ0v) is 26.6. The van der Waals surface area contributed by atoms with Gasteiger partial charge in [0, 0.05) is 41.2 Å². The number of halogens is 2. The van der Waals surface area contributed by atoms with Gasteiger partial charge in [-0.15, -0.1) is 0 Å². The molecule has 9 nitrogen and oxygen atoms in total. The van der Waals surface area contributed by atoms with Gasteiger partial charge >= 0.3 is 0 Å². The quantitative estimate of drug-likeness (QED) is 0.270. The van der Waals surface area contributed by atoms with E-state index in [0.29, 0.717) is 33.7 Å². The summed E-state index contributed by atoms with van der Waals surface area (Å²) >= 11 is 13.0. The zero-order chi connectivity index (χ0) is 31.1. The average Bonchev–Trinajstić information content (AvgIpc) is 3.46. The Morgan fingerprint density at radius 3 is 2.28 bits per heavy atom. The molecule has 1 atom stereocenters. The molecule has 0 aromatic heterocycles. The van der Waals surface area contributed by atoms with Crippen LogP contribution < -0.4 is 19.1 Å². The van der Waals surface area contributed by atoms with E-state index in [9.17, 15) is 18.0 Å². The molecule has 0 radical (unpaired) electrons. The Hall–Kier alpha value is -3.47. The topological polar surface area (TPSA) is 105 Å². The van der Waals surface area contributed by atoms with Gasteiger partial charge in [-0.2, -0.15) is 0 Å². The molecule has 43 heavy (non-hydrogen) atoms. The van der Waals surface area contributed by atoms with Crippen molar-refractivity contribution in [2.45, 2.75) is 39.8 Å². The molecule has 3 aromatic carbocycles. The van der Waals surface area contributed by atoms with Crippen molar-refractivity contribution in [3.63, 3.8) is 0 Å². The van der Waals surface area contributed by atoms with E-state index in [2.05, 4.69) is 5.32 Å². The minimum Gasteiger partial charge on any atom is -0.454 e. The van der Waals surface area contributed by atoms with Gasteiger partial charge in [0.1, 0.15) is 12.6 Å². The summed E-state index contributed by atoms with van der Waals surface area (Å²) in [6.45, 7) is 5.16. The molecule has 230 valence electrons. The molecule has 3 aromatic rings. The molecular formula is C31H35Cl2N3O6S. The SMILES string of the molecule is CCS(=O)(=O)N(CC(=O)N(Cc1c(Cl)cccc1Cl)[C@@H](Cc1ccccc1)C(=O)NCC(C)C)c1ccc2c(c1)OCO2. The van der Waals surface area contributed by atoms with Crippen LogP contribution in [0.5, 0.6) is 11.5 Å². The third-order valence-electron chi connectivity index (χ3n) is 6.97. The second-order valence-corrected chi connectivity index (χ2v) is 13.5. The summed E-state index contributed by atoms with van der Waals surface area (Å²) in [6.07, 6.45) is 0.184. The van der Waals surface area contributed by atoms with Gasteiger partial charge in [0.15, 0.2) is 11.5 Å². The molecule has 1 aliphatic rings. The largest absolute Gasteiger partial charge is 0.454 e. The van der Waals surface area contributed by atoms with Crippen LogP contribution in [0.1, 0.15) is 31.9 Å². The van der Waals surface area contributed by atoms with Crippen molar-refractivity contribution in [1.82, 2.24) is 10.2 Å². The number of carbonyl (C=O) groups excluding carboxylic acids is 2. The van der Waals surface area contributed by atoms with Crippen LogP contribution >= 0.6 is 23.2 Å². The first-order valence-corrected chi connectivity index (χ1v) is 16.3. The van der Waals surface area contributed by atoms with Crippen LogP contribution in [0.4, 0.5) is 5.69 Å². The van der Waals surface area contributed by atoms with Crippen LogP contribution in [0.15, 0.2) is 66.7 Å². The molecule has 4 rings (SSSR count). The van der Waals surface area contributed by atoms with Crippen LogP contribution in [-0.4, -0.2) is 56.8 Å². The Kier molecular flexibility index (Phi) is 10.8. The molecule has 12 heteroatoms. The first-order valence-electron chi connectivity index (χ1n) is 13.9. The molecule has 0 unspecified atom stereocenters. The predicted molar refractivity (Wildman–Crippen MR) is 168 cm³/mol. The van der Waals surface area contributed by atoms with Crippen molar-refractivity contribution in [3.05, 3.63) is 87.9 Å². The van der Waals surface area contributed by atoms with Gasteiger partial charge in [0.05, 0.1) is 11.4 Å². The van der Waals surface area contributed by atoms with Gasteiger partial charge in [0.25, 0.3) is 0 Å². The number of sulfonamides is 1. The molecular weight excluding hydrogens is 613 g/mol. The highest BCUT2D eigenvalue weighted by atomic mass is 35.5. The van der Waals surface area contributed by atoms with Crippen molar-refractivity contribution in [2.75, 3.05) is 29.9 Å². The number of hydrogen-bond acceptors (Lipinski definition) is 6. The first-order chi connectivity index (χ1) is 20.5. The molecule has 0 aliphatic carbocycles. The highest BCUT2D eigenvalue weighted by molar-refractivity contribution is 7.92. The van der Waals surface area contributed by atoms with Crippen LogP contribution in [0, 0.1) is 5.92 Å². The van der Waals surface area contributed by atoms with Crippen molar-refractivity contribution >= 4 is 50.7 Å². The minimum absolute atomic E-state index is 0.0112. The Morgan fingerprint density at radius 1 is 0.953 bits per heavy atom. The Morgan fingerprint density at radius 2 is 1.63 bits per heavy atom. The van der Waals surface area contributed by atoms with E-state index in [4.69, 9.17) is 32.7 Å². The molecule has 1 heterocycles. The summed E-state index contributed by atoms with van der Waals surface area (Å²) < 4.78 is 38.6. The van der Waals surface area contributed by atoms with Gasteiger partial charge in [-0.05, 0) is 42.7 Å². The normalized spacial score (nSPS) is 13.1. The van der Waals surface area contributed by atoms with E-state index in [1.807, 2.05) is 44.2 Å². The Labute approximate surface area is 262 Å². The van der Waals surface area contributed by atoms with Crippen molar-refractivity contribution in [2.24, 2.45) is 5.92 Å². The highest BCUT2D eigenvalue weighted by Gasteiger charge is 2.34. The van der Waals surface area contributed by atoms with Gasteiger partial charge in [-0.1, -0.05) is 73.4 Å². The summed E-state index contributed by atoms with van der Waals surface area (Å²) in [7, 11) is -3.94. The molecule has 0 spiro atoms. The fourth-order valence-electron chi connectivity index (χ4n) is 4.59. The number of fused-ring (bicyclic) bond motifs is 1. The van der Waals surface area contributed by atoms with Crippen LogP contribution in [0.25, 0.3) is 0 Å². The highest BCUT2D eigenvalue weighted by Crippen LogP contribution is 2.36. The molecule has 0 fully saturated rings. The van der Waals surface area contributed by atoms with Crippen LogP contribution in [-0.2, 0) is 32.6 Å². The van der Waals surface area contributed by atoms with E-state index >= 15 is 0 Å². The maximum absolute atomic E-state index is 14.3. The number of nitrogens with zero attached hydrogens (tertiary/aromatic N) is 2. The van der Waals surface area contributed by atoms with E-state index in [1.165, 1.54) is 17.9 Å². The van der Waals surface area contributed by atoms with Gasteiger partial charge < -0.3 is 19.7 Å². The van der Waals surface area contributed by atoms with Crippen molar-refractivity contribution in [1.29, 1.82) is 0 Å². The Balaban J connectivity index is 1.77. The van der Waals surface area contributed by atoms with E-state index in [1.54, 1.807) is 30.3 Å². The van der Waals surface area contributed by atoms with Crippen LogP contribution in [0.2, 0.25) is 10.0 Å². The lowest BCUT2D eigenvalue weighted by Crippen LogP contribution is -2.54. The smallest absolute Gasteiger partial charge is 0.244 e. The maximum Gasteiger partial charge on any atom is 0.244 e. The van der Waals surface area contributed by atoms with E-state index < -0.39 is 28.5 Å². The minimum atomic E-state index is -3.94. The molecule has 2 amide bonds. The summed E-state index contributed by atoms with van der Waals surface area (Å²) in [5.74, 6) is -0.222. The van der Waals surface area contributed by atoms with Gasteiger partial charge in [-0.3, -0.25) is 13.9 Å². The fraction of sp³-hybridized carbons (Fsp3) is 0.355. The number of rotatable bonds is 13. The lowest BCUT2D eigenvalue weighted by molar-refractivity contribution is -0.140. The maximum atomic E-state index is 14.3. The van der Waals surface area contributed by atoms with Crippen LogP contribution in [0.3, 0.4) is 0 Å². The molecule has 0 saturated carbocycles. The molecule has 1 N–H and O–H groups in total. The third kappa shape index (κ3) is 8.13. The lowest BCUT2D eigenvalue weighted by Gasteiger charge is -2.34. The summed E-state index contributed by atoms with van der Waals surface area (Å²) in [5.41, 5.74) is 1.50. The number of amides is 2. The number of benzene rings is 3. The number of anilines is 1. The summed E-state index contributed by atoms with van der Waals surface area (Å²) in [4.78, 5) is 29.4. The zero-order valence-electron chi connectivity index (χ0n) is 24.3. The number of ether oxygens (including phenoxy) is 2. The number of nitrogens with one attached hydrogen (secondary N) is 1. The molecule has 0 saturated heterocycles. The van der Waals surface area contributed by atoms with Crippen molar-refractivity contribution < 1.29 is 27.5 Å². The average molecular weight is 649 g/mol.